The summed E-state index contributed by atoms with van der Waals surface area (Å²) < 4.78 is 16.0. The number of hydrogen-bond acceptors (Lipinski definition) is 3. The first-order valence-electron chi connectivity index (χ1n) is 5.46. The molecule has 0 spiro atoms. The number of phosphoric acid groups is 1. The zero-order valence-corrected chi connectivity index (χ0v) is 10.5. The molecule has 1 atom stereocenters. The Morgan fingerprint density at radius 2 is 2.12 bits per heavy atom. The maximum atomic E-state index is 11.1. The highest BCUT2D eigenvalue weighted by Crippen LogP contribution is 2.46. The first-order valence-corrected chi connectivity index (χ1v) is 6.99. The minimum atomic E-state index is -4.51. The van der Waals surface area contributed by atoms with E-state index in [9.17, 15) is 4.57 Å². The molecule has 0 bridgehead atoms. The smallest absolute Gasteiger partial charge is 0.313 e. The van der Waals surface area contributed by atoms with E-state index >= 15 is 0 Å². The Labute approximate surface area is 100 Å². The van der Waals surface area contributed by atoms with Crippen molar-refractivity contribution in [3.63, 3.8) is 0 Å². The monoisotopic (exact) mass is 257 g/mol. The molecule has 2 rings (SSSR count). The number of benzene rings is 1. The van der Waals surface area contributed by atoms with Crippen molar-refractivity contribution < 1.29 is 18.9 Å². The molecule has 1 heterocycles. The van der Waals surface area contributed by atoms with E-state index in [4.69, 9.17) is 14.3 Å². The third-order valence-electron chi connectivity index (χ3n) is 2.94. The van der Waals surface area contributed by atoms with Gasteiger partial charge in [0.25, 0.3) is 0 Å². The fourth-order valence-electron chi connectivity index (χ4n) is 2.24. The lowest BCUT2D eigenvalue weighted by molar-refractivity contribution is 0.0485. The lowest BCUT2D eigenvalue weighted by Crippen LogP contribution is -2.36. The Kier molecular flexibility index (Phi) is 3.39. The molecule has 1 aromatic rings. The summed E-state index contributed by atoms with van der Waals surface area (Å²) in [4.78, 5) is 18.0. The summed E-state index contributed by atoms with van der Waals surface area (Å²) in [7, 11) is -4.51. The zero-order chi connectivity index (χ0) is 12.5. The molecule has 17 heavy (non-hydrogen) atoms. The van der Waals surface area contributed by atoms with Gasteiger partial charge in [0.05, 0.1) is 0 Å². The minimum Gasteiger partial charge on any atom is -0.313 e. The molecule has 0 aliphatic carbocycles. The molecule has 0 radical (unpaired) electrons. The molecular formula is C11H16NO4P. The van der Waals surface area contributed by atoms with Gasteiger partial charge in [0.15, 0.2) is 0 Å². The molecule has 1 aliphatic rings. The summed E-state index contributed by atoms with van der Waals surface area (Å²) in [6, 6.07) is 7.59. The van der Waals surface area contributed by atoms with Crippen LogP contribution in [0.1, 0.15) is 18.1 Å². The van der Waals surface area contributed by atoms with Crippen LogP contribution >= 0.6 is 7.82 Å². The lowest BCUT2D eigenvalue weighted by Gasteiger charge is -2.30. The van der Waals surface area contributed by atoms with Crippen molar-refractivity contribution in [3.8, 4) is 0 Å². The Morgan fingerprint density at radius 1 is 1.41 bits per heavy atom. The predicted molar refractivity (Wildman–Crippen MR) is 63.5 cm³/mol. The summed E-state index contributed by atoms with van der Waals surface area (Å²) >= 11 is 0. The van der Waals surface area contributed by atoms with E-state index in [0.29, 0.717) is 6.54 Å². The Balaban J connectivity index is 2.43. The van der Waals surface area contributed by atoms with Crippen molar-refractivity contribution in [2.24, 2.45) is 0 Å². The summed E-state index contributed by atoms with van der Waals surface area (Å²) in [5.74, 6) is 0. The van der Waals surface area contributed by atoms with E-state index in [1.165, 1.54) is 0 Å². The van der Waals surface area contributed by atoms with Crippen molar-refractivity contribution >= 4 is 7.82 Å². The van der Waals surface area contributed by atoms with Gasteiger partial charge in [0.2, 0.25) is 0 Å². The Morgan fingerprint density at radius 3 is 2.82 bits per heavy atom. The van der Waals surface area contributed by atoms with Crippen molar-refractivity contribution in [2.75, 3.05) is 13.1 Å². The molecule has 0 amide bonds. The molecule has 0 fully saturated rings. The van der Waals surface area contributed by atoms with E-state index in [1.807, 2.05) is 24.3 Å². The van der Waals surface area contributed by atoms with Crippen molar-refractivity contribution in [3.05, 3.63) is 35.4 Å². The second kappa shape index (κ2) is 4.52. The third-order valence-corrected chi connectivity index (χ3v) is 3.58. The fraction of sp³-hybridized carbons (Fsp3) is 0.455. The molecule has 5 nitrogen and oxygen atoms in total. The average molecular weight is 257 g/mol. The second-order valence-corrected chi connectivity index (χ2v) is 5.56. The van der Waals surface area contributed by atoms with E-state index in [2.05, 4.69) is 5.32 Å². The molecule has 3 N–H and O–H groups in total. The summed E-state index contributed by atoms with van der Waals surface area (Å²) in [6.07, 6.45) is 0.830. The number of hydrogen-bond donors (Lipinski definition) is 3. The van der Waals surface area contributed by atoms with Crippen LogP contribution in [0.3, 0.4) is 0 Å². The maximum Gasteiger partial charge on any atom is 0.470 e. The highest BCUT2D eigenvalue weighted by molar-refractivity contribution is 7.46. The van der Waals surface area contributed by atoms with Crippen molar-refractivity contribution in [1.82, 2.24) is 5.32 Å². The summed E-state index contributed by atoms with van der Waals surface area (Å²) in [5.41, 5.74) is 0.910. The summed E-state index contributed by atoms with van der Waals surface area (Å²) in [5, 5.41) is 3.14. The third kappa shape index (κ3) is 2.94. The van der Waals surface area contributed by atoms with Gasteiger partial charge in [0.1, 0.15) is 5.60 Å². The number of phosphoric ester groups is 1. The first kappa shape index (κ1) is 12.7. The van der Waals surface area contributed by atoms with E-state index in [0.717, 1.165) is 24.1 Å². The maximum absolute atomic E-state index is 11.1. The number of nitrogens with one attached hydrogen (secondary N) is 1. The van der Waals surface area contributed by atoms with Crippen LogP contribution in [0.5, 0.6) is 0 Å². The van der Waals surface area contributed by atoms with E-state index in [1.54, 1.807) is 6.92 Å². The number of fused-ring (bicyclic) bond motifs is 1. The van der Waals surface area contributed by atoms with Gasteiger partial charge in [-0.25, -0.2) is 4.57 Å². The molecule has 1 unspecified atom stereocenters. The quantitative estimate of drug-likeness (QED) is 0.693. The molecule has 0 aromatic heterocycles. The van der Waals surface area contributed by atoms with Crippen LogP contribution in [0.25, 0.3) is 0 Å². The van der Waals surface area contributed by atoms with Crippen molar-refractivity contribution in [1.29, 1.82) is 0 Å². The van der Waals surface area contributed by atoms with Crippen LogP contribution in [0.4, 0.5) is 0 Å². The molecule has 1 aliphatic heterocycles. The molecule has 6 heteroatoms. The molecular weight excluding hydrogens is 241 g/mol. The fourth-order valence-corrected chi connectivity index (χ4v) is 2.93. The van der Waals surface area contributed by atoms with Gasteiger partial charge in [0, 0.05) is 6.54 Å². The minimum absolute atomic E-state index is 0.384. The van der Waals surface area contributed by atoms with Gasteiger partial charge in [-0.3, -0.25) is 4.52 Å². The van der Waals surface area contributed by atoms with Gasteiger partial charge < -0.3 is 15.1 Å². The van der Waals surface area contributed by atoms with Gasteiger partial charge >= 0.3 is 7.82 Å². The van der Waals surface area contributed by atoms with Gasteiger partial charge in [-0.2, -0.15) is 0 Å². The molecule has 94 valence electrons. The zero-order valence-electron chi connectivity index (χ0n) is 9.59. The molecule has 1 aromatic carbocycles. The van der Waals surface area contributed by atoms with Crippen LogP contribution in [0.15, 0.2) is 24.3 Å². The normalized spacial score (nSPS) is 25.1. The largest absolute Gasteiger partial charge is 0.470 e. The second-order valence-electron chi connectivity index (χ2n) is 4.40. The van der Waals surface area contributed by atoms with Crippen LogP contribution in [-0.2, 0) is 21.1 Å². The molecule has 0 saturated carbocycles. The Hall–Kier alpha value is -0.710. The highest BCUT2D eigenvalue weighted by atomic mass is 31.2. The van der Waals surface area contributed by atoms with Gasteiger partial charge in [-0.05, 0) is 31.0 Å². The van der Waals surface area contributed by atoms with Crippen LogP contribution in [-0.4, -0.2) is 22.9 Å². The van der Waals surface area contributed by atoms with Gasteiger partial charge in [-0.15, -0.1) is 0 Å². The average Bonchev–Trinajstić information content (AvgIpc) is 2.37. The SMILES string of the molecule is CC1(OP(=O)(O)O)CNCCc2ccccc21. The van der Waals surface area contributed by atoms with Crippen LogP contribution in [0, 0.1) is 0 Å². The lowest BCUT2D eigenvalue weighted by atomic mass is 9.91. The van der Waals surface area contributed by atoms with Crippen LogP contribution in [0.2, 0.25) is 0 Å². The van der Waals surface area contributed by atoms with E-state index in [-0.39, 0.29) is 0 Å². The van der Waals surface area contributed by atoms with Crippen molar-refractivity contribution in [2.45, 2.75) is 18.9 Å². The predicted octanol–water partition coefficient (Wildman–Crippen LogP) is 1.16. The number of rotatable bonds is 2. The van der Waals surface area contributed by atoms with Gasteiger partial charge in [-0.1, -0.05) is 24.3 Å². The molecule has 0 saturated heterocycles. The Bertz CT molecular complexity index is 459. The highest BCUT2D eigenvalue weighted by Gasteiger charge is 2.37. The van der Waals surface area contributed by atoms with Crippen LogP contribution < -0.4 is 5.32 Å². The standard InChI is InChI=1S/C11H16NO4P/c1-11(16-17(13,14)15)8-12-7-6-9-4-2-3-5-10(9)11/h2-5,12H,6-8H2,1H3,(H2,13,14,15). The van der Waals surface area contributed by atoms with E-state index < -0.39 is 13.4 Å². The topological polar surface area (TPSA) is 78.8 Å². The first-order chi connectivity index (χ1) is 7.91. The summed E-state index contributed by atoms with van der Waals surface area (Å²) in [6.45, 7) is 2.86.